The first-order valence-electron chi connectivity index (χ1n) is 9.27. The average molecular weight is 355 g/mol. The van der Waals surface area contributed by atoms with Crippen LogP contribution in [0.3, 0.4) is 0 Å². The molecule has 24 heavy (non-hydrogen) atoms. The van der Waals surface area contributed by atoms with E-state index in [1.165, 1.54) is 36.5 Å². The molecule has 1 fully saturated rings. The molecule has 1 aliphatic heterocycles. The molecule has 1 atom stereocenters. The lowest BCUT2D eigenvalue weighted by atomic mass is 10.0. The van der Waals surface area contributed by atoms with Gasteiger partial charge in [-0.2, -0.15) is 0 Å². The van der Waals surface area contributed by atoms with E-state index in [0.717, 1.165) is 38.8 Å². The molecule has 1 aromatic rings. The molecule has 1 aromatic heterocycles. The number of likely N-dealkylation sites (tertiary alicyclic amines) is 1. The number of rotatable bonds is 7. The second kappa shape index (κ2) is 7.54. The van der Waals surface area contributed by atoms with Crippen LogP contribution in [0.1, 0.15) is 62.3 Å². The summed E-state index contributed by atoms with van der Waals surface area (Å²) in [7, 11) is -0.910. The number of hydrogen-bond donors (Lipinski definition) is 1. The molecule has 136 valence electrons. The molecule has 2 aliphatic rings. The minimum absolute atomic E-state index is 0.151. The highest BCUT2D eigenvalue weighted by Crippen LogP contribution is 2.33. The third-order valence-electron chi connectivity index (χ3n) is 5.39. The Labute approximate surface area is 145 Å². The average Bonchev–Trinajstić information content (AvgIpc) is 3.16. The quantitative estimate of drug-likeness (QED) is 0.758. The summed E-state index contributed by atoms with van der Waals surface area (Å²) in [5.41, 5.74) is 2.74. The summed E-state index contributed by atoms with van der Waals surface area (Å²) >= 11 is 0. The predicted molar refractivity (Wildman–Crippen MR) is 95.5 cm³/mol. The minimum Gasteiger partial charge on any atom is -0.334 e. The van der Waals surface area contributed by atoms with Crippen molar-refractivity contribution in [3.8, 4) is 0 Å². The van der Waals surface area contributed by atoms with Crippen molar-refractivity contribution in [1.82, 2.24) is 19.2 Å². The van der Waals surface area contributed by atoms with E-state index >= 15 is 0 Å². The second-order valence-corrected chi connectivity index (χ2v) is 9.07. The van der Waals surface area contributed by atoms with Crippen LogP contribution in [0.25, 0.3) is 0 Å². The van der Waals surface area contributed by atoms with Crippen LogP contribution in [0.4, 0.5) is 0 Å². The van der Waals surface area contributed by atoms with Gasteiger partial charge in [0.05, 0.1) is 17.5 Å². The Morgan fingerprint density at radius 1 is 1.25 bits per heavy atom. The summed E-state index contributed by atoms with van der Waals surface area (Å²) in [6.07, 6.45) is 8.01. The standard InChI is InChI=1S/C17H30N4O2S/c1-3-24(22,23)18-11-7-13-21-12-6-10-16(21)17-19-14-8-4-5-9-15(14)20(17)2/h16,18H,3-13H2,1-2H3. The van der Waals surface area contributed by atoms with E-state index in [9.17, 15) is 8.42 Å². The molecule has 0 radical (unpaired) electrons. The molecule has 0 aromatic carbocycles. The molecule has 0 spiro atoms. The van der Waals surface area contributed by atoms with E-state index in [1.54, 1.807) is 6.92 Å². The first-order chi connectivity index (χ1) is 11.5. The molecule has 0 saturated carbocycles. The third-order valence-corrected chi connectivity index (χ3v) is 6.80. The minimum atomic E-state index is -3.07. The fourth-order valence-electron chi connectivity index (χ4n) is 4.00. The van der Waals surface area contributed by atoms with Crippen molar-refractivity contribution in [2.45, 2.75) is 57.9 Å². The molecule has 1 N–H and O–H groups in total. The molecule has 1 saturated heterocycles. The number of aryl methyl sites for hydroxylation is 1. The lowest BCUT2D eigenvalue weighted by Gasteiger charge is -2.24. The van der Waals surface area contributed by atoms with Gasteiger partial charge < -0.3 is 4.57 Å². The van der Waals surface area contributed by atoms with E-state index < -0.39 is 10.0 Å². The molecule has 1 unspecified atom stereocenters. The van der Waals surface area contributed by atoms with E-state index in [-0.39, 0.29) is 5.75 Å². The number of imidazole rings is 1. The summed E-state index contributed by atoms with van der Waals surface area (Å²) in [6.45, 7) is 4.20. The van der Waals surface area contributed by atoms with Crippen LogP contribution in [0.2, 0.25) is 0 Å². The van der Waals surface area contributed by atoms with Gasteiger partial charge in [-0.15, -0.1) is 0 Å². The Balaban J connectivity index is 1.61. The van der Waals surface area contributed by atoms with Crippen molar-refractivity contribution in [3.05, 3.63) is 17.2 Å². The zero-order valence-electron chi connectivity index (χ0n) is 14.9. The fourth-order valence-corrected chi connectivity index (χ4v) is 4.66. The van der Waals surface area contributed by atoms with Crippen LogP contribution >= 0.6 is 0 Å². The third kappa shape index (κ3) is 3.83. The van der Waals surface area contributed by atoms with Crippen LogP contribution in [0.5, 0.6) is 0 Å². The summed E-state index contributed by atoms with van der Waals surface area (Å²) in [5.74, 6) is 1.37. The van der Waals surface area contributed by atoms with E-state index in [4.69, 9.17) is 4.98 Å². The summed E-state index contributed by atoms with van der Waals surface area (Å²) < 4.78 is 28.0. The number of nitrogens with one attached hydrogen (secondary N) is 1. The van der Waals surface area contributed by atoms with Crippen LogP contribution in [0, 0.1) is 0 Å². The summed E-state index contributed by atoms with van der Waals surface area (Å²) in [4.78, 5) is 7.45. The van der Waals surface area contributed by atoms with Gasteiger partial charge in [0.2, 0.25) is 10.0 Å². The lowest BCUT2D eigenvalue weighted by Crippen LogP contribution is -2.31. The number of fused-ring (bicyclic) bond motifs is 1. The molecule has 6 nitrogen and oxygen atoms in total. The Bertz CT molecular complexity index is 668. The predicted octanol–water partition coefficient (Wildman–Crippen LogP) is 1.77. The van der Waals surface area contributed by atoms with Crippen molar-refractivity contribution in [2.75, 3.05) is 25.4 Å². The molecule has 0 bridgehead atoms. The highest BCUT2D eigenvalue weighted by Gasteiger charge is 2.31. The van der Waals surface area contributed by atoms with Crippen LogP contribution in [-0.4, -0.2) is 48.3 Å². The second-order valence-electron chi connectivity index (χ2n) is 6.97. The molecule has 7 heteroatoms. The fraction of sp³-hybridized carbons (Fsp3) is 0.824. The Morgan fingerprint density at radius 3 is 2.79 bits per heavy atom. The number of nitrogens with zero attached hydrogens (tertiary/aromatic N) is 3. The van der Waals surface area contributed by atoms with E-state index in [2.05, 4.69) is 21.2 Å². The zero-order valence-corrected chi connectivity index (χ0v) is 15.7. The van der Waals surface area contributed by atoms with Gasteiger partial charge in [-0.25, -0.2) is 18.1 Å². The van der Waals surface area contributed by atoms with Crippen molar-refractivity contribution >= 4 is 10.0 Å². The molecular weight excluding hydrogens is 324 g/mol. The van der Waals surface area contributed by atoms with Crippen molar-refractivity contribution in [3.63, 3.8) is 0 Å². The van der Waals surface area contributed by atoms with Gasteiger partial charge in [-0.05, 0) is 58.4 Å². The Kier molecular flexibility index (Phi) is 5.62. The normalized spacial score (nSPS) is 22.0. The zero-order chi connectivity index (χ0) is 17.2. The number of aromatic nitrogens is 2. The highest BCUT2D eigenvalue weighted by atomic mass is 32.2. The molecule has 0 amide bonds. The Hall–Kier alpha value is -0.920. The van der Waals surface area contributed by atoms with Crippen molar-refractivity contribution in [2.24, 2.45) is 7.05 Å². The summed E-state index contributed by atoms with van der Waals surface area (Å²) in [5, 5.41) is 0. The van der Waals surface area contributed by atoms with Gasteiger partial charge in [0.25, 0.3) is 0 Å². The SMILES string of the molecule is CCS(=O)(=O)NCCCN1CCCC1c1nc2c(n1C)CCCC2. The van der Waals surface area contributed by atoms with Crippen molar-refractivity contribution in [1.29, 1.82) is 0 Å². The lowest BCUT2D eigenvalue weighted by molar-refractivity contribution is 0.242. The maximum absolute atomic E-state index is 11.5. The number of sulfonamides is 1. The number of hydrogen-bond acceptors (Lipinski definition) is 4. The summed E-state index contributed by atoms with van der Waals surface area (Å²) in [6, 6.07) is 0.392. The molecular formula is C17H30N4O2S. The van der Waals surface area contributed by atoms with Gasteiger partial charge in [0.1, 0.15) is 5.82 Å². The monoisotopic (exact) mass is 354 g/mol. The first kappa shape index (κ1) is 17.9. The van der Waals surface area contributed by atoms with Gasteiger partial charge in [0, 0.05) is 25.8 Å². The van der Waals surface area contributed by atoms with Gasteiger partial charge in [0.15, 0.2) is 0 Å². The first-order valence-corrected chi connectivity index (χ1v) is 10.9. The van der Waals surface area contributed by atoms with Crippen molar-refractivity contribution < 1.29 is 8.42 Å². The largest absolute Gasteiger partial charge is 0.334 e. The smallest absolute Gasteiger partial charge is 0.211 e. The Morgan fingerprint density at radius 2 is 2.04 bits per heavy atom. The van der Waals surface area contributed by atoms with Crippen LogP contribution in [0.15, 0.2) is 0 Å². The van der Waals surface area contributed by atoms with E-state index in [1.807, 2.05) is 0 Å². The van der Waals surface area contributed by atoms with Crippen LogP contribution in [-0.2, 0) is 29.9 Å². The van der Waals surface area contributed by atoms with Gasteiger partial charge in [-0.1, -0.05) is 0 Å². The molecule has 2 heterocycles. The topological polar surface area (TPSA) is 67.2 Å². The molecule has 3 rings (SSSR count). The van der Waals surface area contributed by atoms with Gasteiger partial charge >= 0.3 is 0 Å². The highest BCUT2D eigenvalue weighted by molar-refractivity contribution is 7.89. The van der Waals surface area contributed by atoms with E-state index in [0.29, 0.717) is 12.6 Å². The molecule has 1 aliphatic carbocycles. The van der Waals surface area contributed by atoms with Gasteiger partial charge in [-0.3, -0.25) is 4.90 Å². The maximum atomic E-state index is 11.5. The van der Waals surface area contributed by atoms with Crippen LogP contribution < -0.4 is 4.72 Å². The maximum Gasteiger partial charge on any atom is 0.211 e.